The van der Waals surface area contributed by atoms with E-state index in [1.807, 2.05) is 6.92 Å². The molecule has 0 bridgehead atoms. The van der Waals surface area contributed by atoms with Crippen molar-refractivity contribution in [1.82, 2.24) is 9.55 Å². The molecule has 1 atom stereocenters. The fourth-order valence-corrected chi connectivity index (χ4v) is 1.91. The SMILES string of the molecule is CC(CN)(C1CC1)n1cccnc1=O. The van der Waals surface area contributed by atoms with Gasteiger partial charge in [-0.2, -0.15) is 0 Å². The van der Waals surface area contributed by atoms with Crippen LogP contribution in [0.25, 0.3) is 0 Å². The Hall–Kier alpha value is -1.16. The Bertz CT molecular complexity index is 383. The van der Waals surface area contributed by atoms with E-state index in [1.54, 1.807) is 16.8 Å². The number of nitrogens with zero attached hydrogens (tertiary/aromatic N) is 2. The monoisotopic (exact) mass is 193 g/mol. The molecule has 0 aromatic carbocycles. The maximum Gasteiger partial charge on any atom is 0.348 e. The summed E-state index contributed by atoms with van der Waals surface area (Å²) in [5.74, 6) is 0.536. The highest BCUT2D eigenvalue weighted by Gasteiger charge is 2.42. The second-order valence-corrected chi connectivity index (χ2v) is 4.11. The van der Waals surface area contributed by atoms with Gasteiger partial charge in [0.25, 0.3) is 0 Å². The zero-order valence-corrected chi connectivity index (χ0v) is 8.31. The second-order valence-electron chi connectivity index (χ2n) is 4.11. The standard InChI is InChI=1S/C10H15N3O/c1-10(7-11,8-3-4-8)13-6-2-5-12-9(13)14/h2,5-6,8H,3-4,7,11H2,1H3. The van der Waals surface area contributed by atoms with Crippen molar-refractivity contribution in [2.45, 2.75) is 25.3 Å². The molecule has 0 radical (unpaired) electrons. The van der Waals surface area contributed by atoms with Crippen molar-refractivity contribution in [3.8, 4) is 0 Å². The topological polar surface area (TPSA) is 60.9 Å². The lowest BCUT2D eigenvalue weighted by Crippen LogP contribution is -2.46. The van der Waals surface area contributed by atoms with Gasteiger partial charge in [-0.15, -0.1) is 0 Å². The number of nitrogens with two attached hydrogens (primary N) is 1. The third-order valence-corrected chi connectivity index (χ3v) is 3.13. The third-order valence-electron chi connectivity index (χ3n) is 3.13. The van der Waals surface area contributed by atoms with E-state index in [-0.39, 0.29) is 11.2 Å². The lowest BCUT2D eigenvalue weighted by Gasteiger charge is -2.29. The summed E-state index contributed by atoms with van der Waals surface area (Å²) in [6, 6.07) is 1.78. The molecule has 0 spiro atoms. The first-order valence-corrected chi connectivity index (χ1v) is 4.92. The second kappa shape index (κ2) is 3.20. The molecular weight excluding hydrogens is 178 g/mol. The first-order chi connectivity index (χ1) is 6.68. The maximum absolute atomic E-state index is 11.6. The fourth-order valence-electron chi connectivity index (χ4n) is 1.91. The third kappa shape index (κ3) is 1.35. The highest BCUT2D eigenvalue weighted by atomic mass is 16.1. The van der Waals surface area contributed by atoms with Crippen molar-refractivity contribution in [3.05, 3.63) is 28.9 Å². The van der Waals surface area contributed by atoms with E-state index in [0.717, 1.165) is 12.8 Å². The Morgan fingerprint density at radius 1 is 1.71 bits per heavy atom. The summed E-state index contributed by atoms with van der Waals surface area (Å²) >= 11 is 0. The van der Waals surface area contributed by atoms with Crippen LogP contribution in [0.5, 0.6) is 0 Å². The fraction of sp³-hybridized carbons (Fsp3) is 0.600. The Balaban J connectivity index is 2.45. The van der Waals surface area contributed by atoms with E-state index in [9.17, 15) is 4.79 Å². The van der Waals surface area contributed by atoms with Gasteiger partial charge in [0.15, 0.2) is 0 Å². The quantitative estimate of drug-likeness (QED) is 0.752. The highest BCUT2D eigenvalue weighted by Crippen LogP contribution is 2.42. The maximum atomic E-state index is 11.6. The van der Waals surface area contributed by atoms with E-state index in [4.69, 9.17) is 5.73 Å². The lowest BCUT2D eigenvalue weighted by molar-refractivity contribution is 0.268. The summed E-state index contributed by atoms with van der Waals surface area (Å²) in [5.41, 5.74) is 5.32. The zero-order chi connectivity index (χ0) is 10.2. The van der Waals surface area contributed by atoms with Crippen molar-refractivity contribution in [2.24, 2.45) is 11.7 Å². The van der Waals surface area contributed by atoms with Gasteiger partial charge >= 0.3 is 5.69 Å². The largest absolute Gasteiger partial charge is 0.348 e. The first kappa shape index (κ1) is 9.40. The minimum absolute atomic E-state index is 0.202. The van der Waals surface area contributed by atoms with Gasteiger partial charge in [0.2, 0.25) is 0 Å². The zero-order valence-electron chi connectivity index (χ0n) is 8.31. The lowest BCUT2D eigenvalue weighted by atomic mass is 9.95. The molecule has 1 aromatic rings. The number of hydrogen-bond acceptors (Lipinski definition) is 3. The van der Waals surface area contributed by atoms with E-state index in [0.29, 0.717) is 12.5 Å². The average Bonchev–Trinajstić information content (AvgIpc) is 3.01. The smallest absolute Gasteiger partial charge is 0.328 e. The van der Waals surface area contributed by atoms with Crippen LogP contribution in [0.1, 0.15) is 19.8 Å². The van der Waals surface area contributed by atoms with Gasteiger partial charge in [-0.05, 0) is 31.7 Å². The van der Waals surface area contributed by atoms with Gasteiger partial charge in [0, 0.05) is 18.9 Å². The Labute approximate surface area is 82.8 Å². The highest BCUT2D eigenvalue weighted by molar-refractivity contribution is 5.00. The van der Waals surface area contributed by atoms with Crippen molar-refractivity contribution >= 4 is 0 Å². The Morgan fingerprint density at radius 3 is 2.93 bits per heavy atom. The van der Waals surface area contributed by atoms with Gasteiger partial charge in [-0.1, -0.05) is 0 Å². The molecule has 1 unspecified atom stereocenters. The molecule has 1 heterocycles. The van der Waals surface area contributed by atoms with Crippen LogP contribution in [0.15, 0.2) is 23.3 Å². The van der Waals surface area contributed by atoms with Crippen LogP contribution < -0.4 is 11.4 Å². The number of aromatic nitrogens is 2. The molecule has 1 aromatic heterocycles. The van der Waals surface area contributed by atoms with E-state index >= 15 is 0 Å². The summed E-state index contributed by atoms with van der Waals surface area (Å²) in [7, 11) is 0. The average molecular weight is 193 g/mol. The summed E-state index contributed by atoms with van der Waals surface area (Å²) in [4.78, 5) is 15.3. The number of rotatable bonds is 3. The minimum Gasteiger partial charge on any atom is -0.328 e. The van der Waals surface area contributed by atoms with Crippen LogP contribution in [0.3, 0.4) is 0 Å². The van der Waals surface area contributed by atoms with E-state index in [2.05, 4.69) is 4.98 Å². The van der Waals surface area contributed by atoms with Gasteiger partial charge in [0.05, 0.1) is 5.54 Å². The summed E-state index contributed by atoms with van der Waals surface area (Å²) in [5, 5.41) is 0. The van der Waals surface area contributed by atoms with Gasteiger partial charge in [-0.3, -0.25) is 4.57 Å². The van der Waals surface area contributed by atoms with Gasteiger partial charge in [0.1, 0.15) is 0 Å². The molecule has 0 saturated heterocycles. The molecule has 0 amide bonds. The molecule has 4 nitrogen and oxygen atoms in total. The van der Waals surface area contributed by atoms with Crippen molar-refractivity contribution in [3.63, 3.8) is 0 Å². The summed E-state index contributed by atoms with van der Waals surface area (Å²) in [6.45, 7) is 2.52. The van der Waals surface area contributed by atoms with Crippen molar-refractivity contribution < 1.29 is 0 Å². The predicted octanol–water partition coefficient (Wildman–Crippen LogP) is 0.327. The molecule has 4 heteroatoms. The van der Waals surface area contributed by atoms with Crippen LogP contribution in [0.4, 0.5) is 0 Å². The van der Waals surface area contributed by atoms with Crippen LogP contribution in [-0.4, -0.2) is 16.1 Å². The summed E-state index contributed by atoms with van der Waals surface area (Å²) in [6.07, 6.45) is 5.62. The van der Waals surface area contributed by atoms with E-state index in [1.165, 1.54) is 6.20 Å². The molecular formula is C10H15N3O. The Kier molecular flexibility index (Phi) is 2.15. The molecule has 1 aliphatic rings. The molecule has 0 aliphatic heterocycles. The molecule has 76 valence electrons. The molecule has 1 aliphatic carbocycles. The molecule has 14 heavy (non-hydrogen) atoms. The van der Waals surface area contributed by atoms with Crippen LogP contribution in [0.2, 0.25) is 0 Å². The summed E-state index contributed by atoms with van der Waals surface area (Å²) < 4.78 is 1.67. The van der Waals surface area contributed by atoms with Crippen molar-refractivity contribution in [1.29, 1.82) is 0 Å². The normalized spacial score (nSPS) is 20.4. The van der Waals surface area contributed by atoms with Crippen molar-refractivity contribution in [2.75, 3.05) is 6.54 Å². The predicted molar refractivity (Wildman–Crippen MR) is 53.9 cm³/mol. The first-order valence-electron chi connectivity index (χ1n) is 4.92. The van der Waals surface area contributed by atoms with Crippen LogP contribution in [0, 0.1) is 5.92 Å². The minimum atomic E-state index is -0.245. The molecule has 2 rings (SSSR count). The molecule has 1 fully saturated rings. The van der Waals surface area contributed by atoms with Crippen LogP contribution in [-0.2, 0) is 5.54 Å². The molecule has 1 saturated carbocycles. The Morgan fingerprint density at radius 2 is 2.43 bits per heavy atom. The van der Waals surface area contributed by atoms with Gasteiger partial charge < -0.3 is 5.73 Å². The van der Waals surface area contributed by atoms with E-state index < -0.39 is 0 Å². The van der Waals surface area contributed by atoms with Crippen LogP contribution >= 0.6 is 0 Å². The molecule has 2 N–H and O–H groups in total. The number of hydrogen-bond donors (Lipinski definition) is 1. The van der Waals surface area contributed by atoms with Gasteiger partial charge in [-0.25, -0.2) is 9.78 Å².